The molecule has 2 atom stereocenters. The molecule has 0 aliphatic heterocycles. The number of hydrogen-bond donors (Lipinski definition) is 2. The summed E-state index contributed by atoms with van der Waals surface area (Å²) in [6, 6.07) is 1.70. The smallest absolute Gasteiger partial charge is 0.173 e. The van der Waals surface area contributed by atoms with E-state index in [-0.39, 0.29) is 11.9 Å². The number of pyridine rings is 1. The minimum Gasteiger partial charge on any atom is -0.488 e. The van der Waals surface area contributed by atoms with E-state index in [2.05, 4.69) is 17.1 Å². The molecule has 0 spiro atoms. The quantitative estimate of drug-likeness (QED) is 0.378. The van der Waals surface area contributed by atoms with Crippen molar-refractivity contribution in [1.82, 2.24) is 4.98 Å². The molecule has 1 fully saturated rings. The van der Waals surface area contributed by atoms with Gasteiger partial charge < -0.3 is 15.7 Å². The van der Waals surface area contributed by atoms with Crippen LogP contribution in [-0.4, -0.2) is 22.1 Å². The highest BCUT2D eigenvalue weighted by molar-refractivity contribution is 5.99. The molecular formula is C14H21N3O2. The third kappa shape index (κ3) is 3.36. The van der Waals surface area contributed by atoms with Crippen molar-refractivity contribution in [2.75, 3.05) is 0 Å². The Morgan fingerprint density at radius 2 is 2.42 bits per heavy atom. The lowest BCUT2D eigenvalue weighted by Gasteiger charge is -2.29. The molecular weight excluding hydrogens is 242 g/mol. The number of hydrogen-bond acceptors (Lipinski definition) is 4. The summed E-state index contributed by atoms with van der Waals surface area (Å²) in [4.78, 5) is 4.05. The fraction of sp³-hybridized carbons (Fsp3) is 0.571. The van der Waals surface area contributed by atoms with Crippen LogP contribution in [0, 0.1) is 5.92 Å². The van der Waals surface area contributed by atoms with Crippen LogP contribution in [0.25, 0.3) is 0 Å². The lowest BCUT2D eigenvalue weighted by Crippen LogP contribution is -2.26. The summed E-state index contributed by atoms with van der Waals surface area (Å²) in [7, 11) is 0. The van der Waals surface area contributed by atoms with Gasteiger partial charge in [-0.05, 0) is 31.2 Å². The van der Waals surface area contributed by atoms with Crippen molar-refractivity contribution in [2.45, 2.75) is 45.1 Å². The molecule has 1 aliphatic carbocycles. The van der Waals surface area contributed by atoms with E-state index in [1.807, 2.05) is 0 Å². The second kappa shape index (κ2) is 6.41. The van der Waals surface area contributed by atoms with Gasteiger partial charge in [-0.25, -0.2) is 0 Å². The normalized spacial score (nSPS) is 24.2. The van der Waals surface area contributed by atoms with Crippen LogP contribution in [-0.2, 0) is 0 Å². The first-order chi connectivity index (χ1) is 9.24. The number of nitrogens with zero attached hydrogens (tertiary/aromatic N) is 2. The molecule has 5 heteroatoms. The Hall–Kier alpha value is -1.78. The van der Waals surface area contributed by atoms with Gasteiger partial charge in [0.1, 0.15) is 5.75 Å². The topological polar surface area (TPSA) is 80.7 Å². The standard InChI is InChI=1S/C14H21N3O2/c1-2-10-4-3-5-11(8-10)19-13-9-16-7-6-12(13)14(15)17-18/h6-7,9-11,18H,2-5,8H2,1H3,(H2,15,17). The highest BCUT2D eigenvalue weighted by Crippen LogP contribution is 2.30. The molecule has 2 rings (SSSR count). The molecule has 2 unspecified atom stereocenters. The van der Waals surface area contributed by atoms with Gasteiger partial charge in [-0.1, -0.05) is 24.9 Å². The van der Waals surface area contributed by atoms with E-state index in [1.54, 1.807) is 18.5 Å². The van der Waals surface area contributed by atoms with Gasteiger partial charge in [0.15, 0.2) is 5.84 Å². The van der Waals surface area contributed by atoms with Crippen LogP contribution in [0.3, 0.4) is 0 Å². The fourth-order valence-electron chi connectivity index (χ4n) is 2.64. The minimum absolute atomic E-state index is 0.0558. The molecule has 1 aliphatic rings. The first-order valence-corrected chi connectivity index (χ1v) is 6.83. The Balaban J connectivity index is 2.10. The van der Waals surface area contributed by atoms with E-state index in [1.165, 1.54) is 19.3 Å². The van der Waals surface area contributed by atoms with Gasteiger partial charge in [0, 0.05) is 6.20 Å². The number of aromatic nitrogens is 1. The maximum absolute atomic E-state index is 8.79. The van der Waals surface area contributed by atoms with Crippen molar-refractivity contribution < 1.29 is 9.94 Å². The molecule has 0 aromatic carbocycles. The van der Waals surface area contributed by atoms with Crippen LogP contribution in [0.1, 0.15) is 44.6 Å². The summed E-state index contributed by atoms with van der Waals surface area (Å²) >= 11 is 0. The zero-order valence-corrected chi connectivity index (χ0v) is 11.2. The summed E-state index contributed by atoms with van der Waals surface area (Å²) in [6.45, 7) is 2.22. The lowest BCUT2D eigenvalue weighted by atomic mass is 9.85. The number of rotatable bonds is 4. The van der Waals surface area contributed by atoms with E-state index in [0.717, 1.165) is 18.8 Å². The average Bonchev–Trinajstić information content (AvgIpc) is 2.47. The predicted molar refractivity (Wildman–Crippen MR) is 73.4 cm³/mol. The van der Waals surface area contributed by atoms with Gasteiger partial charge in [0.05, 0.1) is 17.9 Å². The van der Waals surface area contributed by atoms with Crippen molar-refractivity contribution >= 4 is 5.84 Å². The van der Waals surface area contributed by atoms with Crippen molar-refractivity contribution in [3.63, 3.8) is 0 Å². The SMILES string of the molecule is CCC1CCCC(Oc2cnccc2/C(N)=N/O)C1. The average molecular weight is 263 g/mol. The van der Waals surface area contributed by atoms with Gasteiger partial charge in [-0.3, -0.25) is 4.98 Å². The van der Waals surface area contributed by atoms with Gasteiger partial charge in [0.2, 0.25) is 0 Å². The summed E-state index contributed by atoms with van der Waals surface area (Å²) in [6.07, 6.45) is 9.24. The molecule has 0 radical (unpaired) electrons. The second-order valence-electron chi connectivity index (χ2n) is 5.04. The number of oxime groups is 1. The highest BCUT2D eigenvalue weighted by atomic mass is 16.5. The number of ether oxygens (including phenoxy) is 1. The Morgan fingerprint density at radius 3 is 3.16 bits per heavy atom. The molecule has 0 amide bonds. The van der Waals surface area contributed by atoms with E-state index in [0.29, 0.717) is 11.3 Å². The van der Waals surface area contributed by atoms with Crippen LogP contribution in [0.2, 0.25) is 0 Å². The first kappa shape index (κ1) is 13.6. The third-order valence-electron chi connectivity index (χ3n) is 3.77. The molecule has 19 heavy (non-hydrogen) atoms. The van der Waals surface area contributed by atoms with Crippen LogP contribution < -0.4 is 10.5 Å². The zero-order chi connectivity index (χ0) is 13.7. The molecule has 3 N–H and O–H groups in total. The minimum atomic E-state index is 0.0558. The summed E-state index contributed by atoms with van der Waals surface area (Å²) in [5.41, 5.74) is 6.24. The molecule has 5 nitrogen and oxygen atoms in total. The number of amidine groups is 1. The van der Waals surface area contributed by atoms with E-state index in [4.69, 9.17) is 15.7 Å². The Labute approximate surface area is 113 Å². The Kier molecular flexibility index (Phi) is 4.60. The molecule has 1 aromatic heterocycles. The van der Waals surface area contributed by atoms with Gasteiger partial charge in [-0.15, -0.1) is 0 Å². The van der Waals surface area contributed by atoms with Crippen LogP contribution >= 0.6 is 0 Å². The van der Waals surface area contributed by atoms with Gasteiger partial charge in [-0.2, -0.15) is 0 Å². The van der Waals surface area contributed by atoms with Crippen molar-refractivity contribution in [2.24, 2.45) is 16.8 Å². The van der Waals surface area contributed by atoms with E-state index in [9.17, 15) is 0 Å². The zero-order valence-electron chi connectivity index (χ0n) is 11.2. The van der Waals surface area contributed by atoms with E-state index >= 15 is 0 Å². The van der Waals surface area contributed by atoms with Crippen molar-refractivity contribution in [3.05, 3.63) is 24.0 Å². The molecule has 1 heterocycles. The molecule has 1 saturated carbocycles. The highest BCUT2D eigenvalue weighted by Gasteiger charge is 2.23. The van der Waals surface area contributed by atoms with Gasteiger partial charge in [0.25, 0.3) is 0 Å². The monoisotopic (exact) mass is 263 g/mol. The Morgan fingerprint density at radius 1 is 1.58 bits per heavy atom. The second-order valence-corrected chi connectivity index (χ2v) is 5.04. The van der Waals surface area contributed by atoms with Gasteiger partial charge >= 0.3 is 0 Å². The maximum atomic E-state index is 8.79. The maximum Gasteiger partial charge on any atom is 0.173 e. The largest absolute Gasteiger partial charge is 0.488 e. The Bertz CT molecular complexity index is 448. The molecule has 0 saturated heterocycles. The van der Waals surface area contributed by atoms with Crippen LogP contribution in [0.4, 0.5) is 0 Å². The third-order valence-corrected chi connectivity index (χ3v) is 3.77. The molecule has 0 bridgehead atoms. The molecule has 104 valence electrons. The van der Waals surface area contributed by atoms with E-state index < -0.39 is 0 Å². The summed E-state index contributed by atoms with van der Waals surface area (Å²) < 4.78 is 6.01. The van der Waals surface area contributed by atoms with Crippen molar-refractivity contribution in [3.8, 4) is 5.75 Å². The fourth-order valence-corrected chi connectivity index (χ4v) is 2.64. The lowest BCUT2D eigenvalue weighted by molar-refractivity contribution is 0.121. The number of nitrogens with two attached hydrogens (primary N) is 1. The van der Waals surface area contributed by atoms with Crippen LogP contribution in [0.15, 0.2) is 23.6 Å². The summed E-state index contributed by atoms with van der Waals surface area (Å²) in [5.74, 6) is 1.39. The molecule has 1 aromatic rings. The van der Waals surface area contributed by atoms with Crippen LogP contribution in [0.5, 0.6) is 5.75 Å². The summed E-state index contributed by atoms with van der Waals surface area (Å²) in [5, 5.41) is 11.8. The predicted octanol–water partition coefficient (Wildman–Crippen LogP) is 2.52. The van der Waals surface area contributed by atoms with Crippen molar-refractivity contribution in [1.29, 1.82) is 0 Å². The first-order valence-electron chi connectivity index (χ1n) is 6.83.